The van der Waals surface area contributed by atoms with Gasteiger partial charge in [-0.1, -0.05) is 29.8 Å². The number of alkyl halides is 9. The number of halogens is 9. The Bertz CT molecular complexity index is 1220. The number of rotatable bonds is 4. The number of benzene rings is 1. The van der Waals surface area contributed by atoms with Gasteiger partial charge in [-0.3, -0.25) is 9.80 Å². The molecule has 1 aromatic carbocycles. The first-order valence-electron chi connectivity index (χ1n) is 13.1. The van der Waals surface area contributed by atoms with Crippen molar-refractivity contribution < 1.29 is 69.2 Å². The Morgan fingerprint density at radius 2 is 1.11 bits per heavy atom. The lowest BCUT2D eigenvalue weighted by Gasteiger charge is -2.31. The van der Waals surface area contributed by atoms with Crippen molar-refractivity contribution in [2.75, 3.05) is 39.8 Å². The van der Waals surface area contributed by atoms with Crippen molar-refractivity contribution in [2.24, 2.45) is 0 Å². The van der Waals surface area contributed by atoms with E-state index in [0.29, 0.717) is 0 Å². The van der Waals surface area contributed by atoms with Crippen molar-refractivity contribution in [3.8, 4) is 0 Å². The van der Waals surface area contributed by atoms with E-state index in [-0.39, 0.29) is 0 Å². The third-order valence-electron chi connectivity index (χ3n) is 6.17. The summed E-state index contributed by atoms with van der Waals surface area (Å²) in [4.78, 5) is 39.1. The van der Waals surface area contributed by atoms with Crippen LogP contribution in [0.1, 0.15) is 22.6 Å². The van der Waals surface area contributed by atoms with E-state index in [4.69, 9.17) is 34.7 Å². The highest BCUT2D eigenvalue weighted by Gasteiger charge is 2.39. The number of aromatic nitrogens is 2. The van der Waals surface area contributed by atoms with Gasteiger partial charge in [0, 0.05) is 58.6 Å². The zero-order valence-corrected chi connectivity index (χ0v) is 24.5. The summed E-state index contributed by atoms with van der Waals surface area (Å²) >= 11 is 0. The fourth-order valence-corrected chi connectivity index (χ4v) is 3.76. The number of carbonyl (C=O) groups is 3. The molecule has 0 bridgehead atoms. The number of hydrogen-bond acceptors (Lipinski definition) is 7. The van der Waals surface area contributed by atoms with E-state index in [1.165, 1.54) is 22.6 Å². The largest absolute Gasteiger partial charge is 0.490 e. The molecule has 0 radical (unpaired) electrons. The fraction of sp³-hybridized carbons (Fsp3) is 0.538. The molecule has 4 rings (SSSR count). The molecule has 0 aliphatic carbocycles. The van der Waals surface area contributed by atoms with E-state index >= 15 is 0 Å². The molecule has 20 heteroatoms. The minimum atomic E-state index is -5.08. The molecule has 260 valence electrons. The van der Waals surface area contributed by atoms with Gasteiger partial charge in [-0.25, -0.2) is 19.4 Å². The molecule has 0 atom stereocenters. The van der Waals surface area contributed by atoms with E-state index in [1.54, 1.807) is 0 Å². The SMILES string of the molecule is Cc1ccc(CN2CCn3cc(CN4CCN(C)CC4)nc3C2)cc1.O=C(O)C(F)(F)F.O=C(O)C(F)(F)F.O=C(O)C(F)(F)F. The number of imidazole rings is 1. The molecule has 0 unspecified atom stereocenters. The molecule has 2 aliphatic rings. The molecular weight excluding hydrogens is 649 g/mol. The molecule has 46 heavy (non-hydrogen) atoms. The van der Waals surface area contributed by atoms with Crippen LogP contribution in [0.2, 0.25) is 0 Å². The second-order valence-electron chi connectivity index (χ2n) is 10.0. The summed E-state index contributed by atoms with van der Waals surface area (Å²) < 4.78 is 97.6. The number of aryl methyl sites for hydroxylation is 1. The van der Waals surface area contributed by atoms with Gasteiger partial charge in [0.15, 0.2) is 0 Å². The predicted octanol–water partition coefficient (Wildman–Crippen LogP) is 3.85. The van der Waals surface area contributed by atoms with Crippen molar-refractivity contribution in [1.29, 1.82) is 0 Å². The fourth-order valence-electron chi connectivity index (χ4n) is 3.76. The van der Waals surface area contributed by atoms with Crippen LogP contribution in [0.15, 0.2) is 30.5 Å². The van der Waals surface area contributed by atoms with Crippen molar-refractivity contribution in [1.82, 2.24) is 24.3 Å². The van der Waals surface area contributed by atoms with Crippen molar-refractivity contribution >= 4 is 17.9 Å². The quantitative estimate of drug-likeness (QED) is 0.408. The molecule has 0 saturated carbocycles. The summed E-state index contributed by atoms with van der Waals surface area (Å²) in [5, 5.41) is 21.4. The van der Waals surface area contributed by atoms with Gasteiger partial charge in [0.1, 0.15) is 5.82 Å². The molecule has 3 heterocycles. The summed E-state index contributed by atoms with van der Waals surface area (Å²) in [6.45, 7) is 11.9. The molecule has 3 N–H and O–H groups in total. The smallest absolute Gasteiger partial charge is 0.475 e. The van der Waals surface area contributed by atoms with E-state index in [0.717, 1.165) is 58.9 Å². The highest BCUT2D eigenvalue weighted by atomic mass is 19.4. The summed E-state index contributed by atoms with van der Waals surface area (Å²) in [7, 11) is 2.20. The Kier molecular flexibility index (Phi) is 14.9. The van der Waals surface area contributed by atoms with Crippen molar-refractivity contribution in [3.63, 3.8) is 0 Å². The van der Waals surface area contributed by atoms with Crippen LogP contribution in [-0.4, -0.2) is 116 Å². The maximum atomic E-state index is 10.6. The van der Waals surface area contributed by atoms with Crippen LogP contribution in [0.3, 0.4) is 0 Å². The maximum Gasteiger partial charge on any atom is 0.490 e. The van der Waals surface area contributed by atoms with Gasteiger partial charge in [0.25, 0.3) is 0 Å². The Hall–Kier alpha value is -3.91. The molecule has 11 nitrogen and oxygen atoms in total. The Labute approximate surface area is 256 Å². The predicted molar refractivity (Wildman–Crippen MR) is 141 cm³/mol. The Morgan fingerprint density at radius 3 is 1.52 bits per heavy atom. The third-order valence-corrected chi connectivity index (χ3v) is 6.17. The summed E-state index contributed by atoms with van der Waals surface area (Å²) in [5.74, 6) is -7.05. The van der Waals surface area contributed by atoms with Gasteiger partial charge in [-0.15, -0.1) is 0 Å². The van der Waals surface area contributed by atoms with Gasteiger partial charge >= 0.3 is 36.4 Å². The molecule has 0 amide bonds. The van der Waals surface area contributed by atoms with Gasteiger partial charge in [0.2, 0.25) is 0 Å². The van der Waals surface area contributed by atoms with Gasteiger partial charge < -0.3 is 24.8 Å². The van der Waals surface area contributed by atoms with Crippen LogP contribution in [-0.2, 0) is 40.6 Å². The number of carboxylic acid groups (broad SMARTS) is 3. The minimum absolute atomic E-state index is 0.955. The molecule has 2 aromatic rings. The summed E-state index contributed by atoms with van der Waals surface area (Å²) in [6, 6.07) is 8.90. The summed E-state index contributed by atoms with van der Waals surface area (Å²) in [5.41, 5.74) is 3.95. The minimum Gasteiger partial charge on any atom is -0.475 e. The second kappa shape index (κ2) is 17.1. The van der Waals surface area contributed by atoms with Crippen LogP contribution in [0, 0.1) is 6.92 Å². The Balaban J connectivity index is 0.000000413. The molecule has 0 spiro atoms. The van der Waals surface area contributed by atoms with E-state index in [1.807, 2.05) is 0 Å². The third kappa shape index (κ3) is 15.4. The first kappa shape index (κ1) is 40.1. The van der Waals surface area contributed by atoms with Crippen molar-refractivity contribution in [3.05, 3.63) is 53.1 Å². The lowest BCUT2D eigenvalue weighted by Crippen LogP contribution is -2.43. The monoisotopic (exact) mass is 681 g/mol. The average molecular weight is 682 g/mol. The first-order valence-corrected chi connectivity index (χ1v) is 13.1. The first-order chi connectivity index (χ1) is 21.0. The zero-order chi connectivity index (χ0) is 35.5. The molecule has 1 saturated heterocycles. The maximum absolute atomic E-state index is 10.6. The number of aliphatic carboxylic acids is 3. The van der Waals surface area contributed by atoms with Gasteiger partial charge in [-0.05, 0) is 19.5 Å². The van der Waals surface area contributed by atoms with Crippen molar-refractivity contribution in [2.45, 2.75) is 51.6 Å². The van der Waals surface area contributed by atoms with Crippen LogP contribution < -0.4 is 0 Å². The van der Waals surface area contributed by atoms with Crippen LogP contribution in [0.4, 0.5) is 39.5 Å². The van der Waals surface area contributed by atoms with E-state index in [9.17, 15) is 39.5 Å². The van der Waals surface area contributed by atoms with E-state index < -0.39 is 36.4 Å². The standard InChI is InChI=1S/C20H29N5.3C2HF3O2/c1-17-3-5-18(6-4-17)13-24-11-12-25-15-19(21-20(25)16-24)14-23-9-7-22(2)8-10-23;3*3-2(4,5)1(6)7/h3-6,15H,7-14,16H2,1-2H3;3*(H,6,7). The van der Waals surface area contributed by atoms with Gasteiger partial charge in [-0.2, -0.15) is 39.5 Å². The summed E-state index contributed by atoms with van der Waals surface area (Å²) in [6.07, 6.45) is -13.0. The van der Waals surface area contributed by atoms with Crippen LogP contribution in [0.5, 0.6) is 0 Å². The zero-order valence-electron chi connectivity index (χ0n) is 24.5. The number of nitrogens with zero attached hydrogens (tertiary/aromatic N) is 5. The average Bonchev–Trinajstić information content (AvgIpc) is 3.32. The number of carboxylic acids is 3. The molecular formula is C26H32F9N5O6. The van der Waals surface area contributed by atoms with Crippen LogP contribution in [0.25, 0.3) is 0 Å². The van der Waals surface area contributed by atoms with Gasteiger partial charge in [0.05, 0.1) is 12.2 Å². The number of likely N-dealkylation sites (N-methyl/N-ethyl adjacent to an activating group) is 1. The lowest BCUT2D eigenvalue weighted by molar-refractivity contribution is -0.193. The number of hydrogen-bond donors (Lipinski definition) is 3. The van der Waals surface area contributed by atoms with E-state index in [2.05, 4.69) is 63.7 Å². The molecule has 2 aliphatic heterocycles. The molecule has 1 aromatic heterocycles. The highest BCUT2D eigenvalue weighted by molar-refractivity contribution is 5.73. The normalized spacial score (nSPS) is 16.0. The molecule has 1 fully saturated rings. The topological polar surface area (TPSA) is 139 Å². The number of fused-ring (bicyclic) bond motifs is 1. The second-order valence-corrected chi connectivity index (χ2v) is 10.0. The Morgan fingerprint density at radius 1 is 0.696 bits per heavy atom. The number of piperazine rings is 1. The van der Waals surface area contributed by atoms with Crippen LogP contribution >= 0.6 is 0 Å². The highest BCUT2D eigenvalue weighted by Crippen LogP contribution is 2.18. The lowest BCUT2D eigenvalue weighted by atomic mass is 10.1.